The van der Waals surface area contributed by atoms with E-state index in [1.165, 1.54) is 12.1 Å². The first kappa shape index (κ1) is 20.2. The van der Waals surface area contributed by atoms with E-state index in [0.29, 0.717) is 27.9 Å². The number of rotatable bonds is 5. The average molecular weight is 413 g/mol. The van der Waals surface area contributed by atoms with Crippen molar-refractivity contribution in [2.45, 2.75) is 6.92 Å². The summed E-state index contributed by atoms with van der Waals surface area (Å²) in [6, 6.07) is 22.5. The van der Waals surface area contributed by atoms with Crippen LogP contribution in [0.25, 0.3) is 22.2 Å². The molecule has 1 aromatic heterocycles. The summed E-state index contributed by atoms with van der Waals surface area (Å²) in [7, 11) is 1.61. The number of pyridine rings is 1. The summed E-state index contributed by atoms with van der Waals surface area (Å²) in [6.45, 7) is 1.82. The maximum absolute atomic E-state index is 13.3. The van der Waals surface area contributed by atoms with E-state index in [2.05, 4.69) is 15.5 Å². The van der Waals surface area contributed by atoms with E-state index in [4.69, 9.17) is 4.74 Å². The number of amides is 1. The molecule has 0 radical (unpaired) electrons. The molecule has 0 saturated carbocycles. The molecular formula is C25H20FN3O2. The van der Waals surface area contributed by atoms with Gasteiger partial charge in [0.25, 0.3) is 5.91 Å². The fourth-order valence-corrected chi connectivity index (χ4v) is 3.22. The third kappa shape index (κ3) is 4.43. The van der Waals surface area contributed by atoms with Crippen molar-refractivity contribution in [3.63, 3.8) is 0 Å². The van der Waals surface area contributed by atoms with E-state index in [9.17, 15) is 9.18 Å². The maximum Gasteiger partial charge on any atom is 0.272 e. The molecule has 0 fully saturated rings. The molecule has 5 nitrogen and oxygen atoms in total. The van der Waals surface area contributed by atoms with Crippen LogP contribution in [0.15, 0.2) is 84.0 Å². The molecule has 0 saturated heterocycles. The lowest BCUT2D eigenvalue weighted by Gasteiger charge is -2.10. The van der Waals surface area contributed by atoms with Gasteiger partial charge >= 0.3 is 0 Å². The Bertz CT molecular complexity index is 1270. The van der Waals surface area contributed by atoms with Crippen LogP contribution in [0.3, 0.4) is 0 Å². The first-order chi connectivity index (χ1) is 15.0. The number of aromatic nitrogens is 1. The van der Waals surface area contributed by atoms with Crippen LogP contribution >= 0.6 is 0 Å². The Hall–Kier alpha value is -4.06. The number of para-hydroxylation sites is 1. The zero-order valence-corrected chi connectivity index (χ0v) is 17.1. The number of ether oxygens (including phenoxy) is 1. The number of benzene rings is 3. The molecule has 1 heterocycles. The lowest BCUT2D eigenvalue weighted by atomic mass is 10.0. The van der Waals surface area contributed by atoms with Crippen molar-refractivity contribution in [1.82, 2.24) is 10.4 Å². The van der Waals surface area contributed by atoms with E-state index < -0.39 is 0 Å². The van der Waals surface area contributed by atoms with Gasteiger partial charge in [0.2, 0.25) is 0 Å². The third-order valence-electron chi connectivity index (χ3n) is 4.93. The lowest BCUT2D eigenvalue weighted by Crippen LogP contribution is -2.20. The Morgan fingerprint density at radius 1 is 1.00 bits per heavy atom. The van der Waals surface area contributed by atoms with Gasteiger partial charge in [-0.3, -0.25) is 4.79 Å². The van der Waals surface area contributed by atoms with Crippen LogP contribution in [0.5, 0.6) is 5.75 Å². The van der Waals surface area contributed by atoms with Gasteiger partial charge in [0.05, 0.1) is 29.6 Å². The van der Waals surface area contributed by atoms with Crippen LogP contribution in [0.4, 0.5) is 4.39 Å². The summed E-state index contributed by atoms with van der Waals surface area (Å²) in [5.74, 6) is 0.0674. The van der Waals surface area contributed by atoms with E-state index >= 15 is 0 Å². The van der Waals surface area contributed by atoms with Gasteiger partial charge in [-0.2, -0.15) is 5.10 Å². The Labute approximate surface area is 179 Å². The molecule has 1 N–H and O–H groups in total. The van der Waals surface area contributed by atoms with Gasteiger partial charge in [0.15, 0.2) is 0 Å². The van der Waals surface area contributed by atoms with Crippen molar-refractivity contribution in [1.29, 1.82) is 0 Å². The summed E-state index contributed by atoms with van der Waals surface area (Å²) in [4.78, 5) is 17.6. The molecule has 3 aromatic carbocycles. The van der Waals surface area contributed by atoms with E-state index in [-0.39, 0.29) is 11.7 Å². The zero-order valence-electron chi connectivity index (χ0n) is 17.1. The first-order valence-electron chi connectivity index (χ1n) is 9.70. The molecule has 4 rings (SSSR count). The number of hydrogen-bond donors (Lipinski definition) is 1. The van der Waals surface area contributed by atoms with Crippen molar-refractivity contribution < 1.29 is 13.9 Å². The first-order valence-corrected chi connectivity index (χ1v) is 9.70. The van der Waals surface area contributed by atoms with E-state index in [0.717, 1.165) is 16.9 Å². The summed E-state index contributed by atoms with van der Waals surface area (Å²) in [5.41, 5.74) is 6.58. The number of nitrogens with zero attached hydrogens (tertiary/aromatic N) is 2. The van der Waals surface area contributed by atoms with Gasteiger partial charge in [0.1, 0.15) is 11.6 Å². The number of fused-ring (bicyclic) bond motifs is 1. The average Bonchev–Trinajstić information content (AvgIpc) is 2.82. The van der Waals surface area contributed by atoms with Gasteiger partial charge in [-0.1, -0.05) is 18.2 Å². The molecule has 1 amide bonds. The maximum atomic E-state index is 13.3. The van der Waals surface area contributed by atoms with E-state index in [1.54, 1.807) is 25.3 Å². The third-order valence-corrected chi connectivity index (χ3v) is 4.93. The Morgan fingerprint density at radius 2 is 1.71 bits per heavy atom. The zero-order chi connectivity index (χ0) is 21.8. The molecule has 0 spiro atoms. The van der Waals surface area contributed by atoms with E-state index in [1.807, 2.05) is 55.5 Å². The van der Waals surface area contributed by atoms with Crippen LogP contribution in [0.1, 0.15) is 22.8 Å². The van der Waals surface area contributed by atoms with Crippen LogP contribution < -0.4 is 10.2 Å². The minimum Gasteiger partial charge on any atom is -0.497 e. The van der Waals surface area contributed by atoms with Gasteiger partial charge in [0, 0.05) is 10.9 Å². The van der Waals surface area contributed by atoms with Crippen LogP contribution in [0, 0.1) is 5.82 Å². The Morgan fingerprint density at radius 3 is 2.42 bits per heavy atom. The molecule has 154 valence electrons. The van der Waals surface area contributed by atoms with Gasteiger partial charge < -0.3 is 4.74 Å². The smallest absolute Gasteiger partial charge is 0.272 e. The van der Waals surface area contributed by atoms with Crippen LogP contribution in [-0.2, 0) is 0 Å². The molecule has 0 atom stereocenters. The van der Waals surface area contributed by atoms with Crippen molar-refractivity contribution in [3.8, 4) is 17.0 Å². The SMILES string of the molecule is COc1ccc(/C(C)=N/NC(=O)c2cc(-c3ccc(F)cc3)nc3ccccc23)cc1. The number of carbonyl (C=O) groups excluding carboxylic acids is 1. The van der Waals surface area contributed by atoms with Crippen LogP contribution in [0.2, 0.25) is 0 Å². The second-order valence-corrected chi connectivity index (χ2v) is 6.95. The molecule has 0 aliphatic rings. The highest BCUT2D eigenvalue weighted by molar-refractivity contribution is 6.08. The van der Waals surface area contributed by atoms with Gasteiger partial charge in [-0.15, -0.1) is 0 Å². The highest BCUT2D eigenvalue weighted by atomic mass is 19.1. The second-order valence-electron chi connectivity index (χ2n) is 6.95. The number of hydrogen-bond acceptors (Lipinski definition) is 4. The van der Waals surface area contributed by atoms with Crippen molar-refractivity contribution >= 4 is 22.5 Å². The predicted octanol–water partition coefficient (Wildman–Crippen LogP) is 5.20. The summed E-state index contributed by atoms with van der Waals surface area (Å²) in [6.07, 6.45) is 0. The number of halogens is 1. The fraction of sp³-hybridized carbons (Fsp3) is 0.0800. The Balaban J connectivity index is 1.67. The highest BCUT2D eigenvalue weighted by Crippen LogP contribution is 2.25. The predicted molar refractivity (Wildman–Crippen MR) is 120 cm³/mol. The number of hydrazone groups is 1. The minimum absolute atomic E-state index is 0.328. The topological polar surface area (TPSA) is 63.6 Å². The molecule has 6 heteroatoms. The van der Waals surface area contributed by atoms with Gasteiger partial charge in [-0.25, -0.2) is 14.8 Å². The number of nitrogens with one attached hydrogen (secondary N) is 1. The lowest BCUT2D eigenvalue weighted by molar-refractivity contribution is 0.0956. The summed E-state index contributed by atoms with van der Waals surface area (Å²) in [5, 5.41) is 4.96. The molecule has 0 bridgehead atoms. The standard InChI is InChI=1S/C25H20FN3O2/c1-16(17-9-13-20(31-2)14-10-17)28-29-25(30)22-15-24(18-7-11-19(26)12-8-18)27-23-6-4-3-5-21(22)23/h3-15H,1-2H3,(H,29,30)/b28-16+. The quantitative estimate of drug-likeness (QED) is 0.361. The van der Waals surface area contributed by atoms with Gasteiger partial charge in [-0.05, 0) is 73.2 Å². The highest BCUT2D eigenvalue weighted by Gasteiger charge is 2.14. The van der Waals surface area contributed by atoms with Crippen molar-refractivity contribution in [2.75, 3.05) is 7.11 Å². The number of carbonyl (C=O) groups is 1. The molecule has 4 aromatic rings. The fourth-order valence-electron chi connectivity index (χ4n) is 3.22. The largest absolute Gasteiger partial charge is 0.497 e. The second kappa shape index (κ2) is 8.75. The number of methoxy groups -OCH3 is 1. The molecule has 0 aliphatic heterocycles. The minimum atomic E-state index is -0.352. The monoisotopic (exact) mass is 413 g/mol. The summed E-state index contributed by atoms with van der Waals surface area (Å²) >= 11 is 0. The van der Waals surface area contributed by atoms with Crippen LogP contribution in [-0.4, -0.2) is 23.7 Å². The van der Waals surface area contributed by atoms with Crippen molar-refractivity contribution in [2.24, 2.45) is 5.10 Å². The molecular weight excluding hydrogens is 393 g/mol. The Kier molecular flexibility index (Phi) is 5.71. The normalized spacial score (nSPS) is 11.4. The molecule has 31 heavy (non-hydrogen) atoms. The summed E-state index contributed by atoms with van der Waals surface area (Å²) < 4.78 is 18.5. The van der Waals surface area contributed by atoms with Crippen molar-refractivity contribution in [3.05, 3.63) is 95.8 Å². The molecule has 0 unspecified atom stereocenters. The molecule has 0 aliphatic carbocycles.